The van der Waals surface area contributed by atoms with Crippen molar-refractivity contribution in [2.75, 3.05) is 21.9 Å². The first-order valence-electron chi connectivity index (χ1n) is 9.03. The number of nitrogens with zero attached hydrogens (tertiary/aromatic N) is 4. The summed E-state index contributed by atoms with van der Waals surface area (Å²) in [5.41, 5.74) is 1.65. The van der Waals surface area contributed by atoms with E-state index in [1.807, 2.05) is 29.1 Å². The molecule has 0 atom stereocenters. The molecule has 0 radical (unpaired) electrons. The zero-order valence-electron chi connectivity index (χ0n) is 15.4. The van der Waals surface area contributed by atoms with Gasteiger partial charge >= 0.3 is 0 Å². The van der Waals surface area contributed by atoms with Crippen LogP contribution in [0.4, 0.5) is 11.4 Å². The van der Waals surface area contributed by atoms with Crippen LogP contribution in [0.2, 0.25) is 0 Å². The molecule has 1 fully saturated rings. The first-order valence-corrected chi connectivity index (χ1v) is 10.6. The number of benzene rings is 1. The van der Waals surface area contributed by atoms with Crippen molar-refractivity contribution in [3.8, 4) is 5.82 Å². The van der Waals surface area contributed by atoms with Crippen molar-refractivity contribution >= 4 is 27.3 Å². The minimum atomic E-state index is -3.25. The smallest absolute Gasteiger partial charge is 0.261 e. The number of sulfonamides is 1. The van der Waals surface area contributed by atoms with E-state index in [-0.39, 0.29) is 11.7 Å². The standard InChI is InChI=1S/C19H21N5O3S/c1-22-19(23-10-2-3-11-23)17(14-20-22)18(25)21-15-6-8-16(9-7-15)24-12-4-5-13-28(24,26)27/h2-3,6-11,14H,4-5,12-13H2,1H3,(H,21,25). The highest BCUT2D eigenvalue weighted by atomic mass is 32.2. The fraction of sp³-hybridized carbons (Fsp3) is 0.263. The molecule has 2 aromatic heterocycles. The summed E-state index contributed by atoms with van der Waals surface area (Å²) in [5, 5.41) is 7.04. The molecule has 1 saturated heterocycles. The van der Waals surface area contributed by atoms with Crippen LogP contribution in [0.5, 0.6) is 0 Å². The molecule has 146 valence electrons. The second kappa shape index (κ2) is 7.16. The fourth-order valence-corrected chi connectivity index (χ4v) is 5.00. The lowest BCUT2D eigenvalue weighted by Crippen LogP contribution is -2.37. The number of carbonyl (C=O) groups excluding carboxylic acids is 1. The highest BCUT2D eigenvalue weighted by Gasteiger charge is 2.26. The third-order valence-corrected chi connectivity index (χ3v) is 6.63. The van der Waals surface area contributed by atoms with Crippen LogP contribution in [0.15, 0.2) is 55.0 Å². The number of hydrogen-bond acceptors (Lipinski definition) is 4. The van der Waals surface area contributed by atoms with E-state index in [2.05, 4.69) is 10.4 Å². The monoisotopic (exact) mass is 399 g/mol. The molecule has 1 aliphatic heterocycles. The van der Waals surface area contributed by atoms with E-state index in [1.54, 1.807) is 36.0 Å². The van der Waals surface area contributed by atoms with Crippen LogP contribution in [0.3, 0.4) is 0 Å². The summed E-state index contributed by atoms with van der Waals surface area (Å²) >= 11 is 0. The van der Waals surface area contributed by atoms with Crippen molar-refractivity contribution in [1.29, 1.82) is 0 Å². The Hall–Kier alpha value is -3.07. The van der Waals surface area contributed by atoms with Crippen LogP contribution in [0, 0.1) is 0 Å². The molecule has 1 N–H and O–H groups in total. The molecule has 3 heterocycles. The lowest BCUT2D eigenvalue weighted by molar-refractivity contribution is 0.102. The van der Waals surface area contributed by atoms with E-state index in [1.165, 1.54) is 10.5 Å². The SMILES string of the molecule is Cn1ncc(C(=O)Nc2ccc(N3CCCCS3(=O)=O)cc2)c1-n1cccc1. The molecule has 28 heavy (non-hydrogen) atoms. The second-order valence-corrected chi connectivity index (χ2v) is 8.70. The minimum Gasteiger partial charge on any atom is -0.322 e. The molecule has 1 amide bonds. The van der Waals surface area contributed by atoms with Gasteiger partial charge in [0.2, 0.25) is 10.0 Å². The Bertz CT molecular complexity index is 1090. The molecule has 0 bridgehead atoms. The predicted octanol–water partition coefficient (Wildman–Crippen LogP) is 2.39. The average Bonchev–Trinajstić information content (AvgIpc) is 3.31. The molecule has 3 aromatic rings. The highest BCUT2D eigenvalue weighted by molar-refractivity contribution is 7.92. The number of hydrogen-bond donors (Lipinski definition) is 1. The van der Waals surface area contributed by atoms with Crippen LogP contribution in [0.1, 0.15) is 23.2 Å². The van der Waals surface area contributed by atoms with Gasteiger partial charge in [-0.25, -0.2) is 8.42 Å². The maximum Gasteiger partial charge on any atom is 0.261 e. The lowest BCUT2D eigenvalue weighted by atomic mass is 10.2. The normalized spacial score (nSPS) is 16.1. The quantitative estimate of drug-likeness (QED) is 0.730. The van der Waals surface area contributed by atoms with Gasteiger partial charge in [0.05, 0.1) is 17.6 Å². The summed E-state index contributed by atoms with van der Waals surface area (Å²) in [4.78, 5) is 12.7. The Kier molecular flexibility index (Phi) is 4.68. The Morgan fingerprint density at radius 1 is 1.11 bits per heavy atom. The zero-order chi connectivity index (χ0) is 19.7. The Morgan fingerprint density at radius 3 is 2.50 bits per heavy atom. The van der Waals surface area contributed by atoms with Gasteiger partial charge in [0.25, 0.3) is 5.91 Å². The highest BCUT2D eigenvalue weighted by Crippen LogP contribution is 2.25. The molecular formula is C19H21N5O3S. The molecule has 1 aromatic carbocycles. The number of nitrogens with one attached hydrogen (secondary N) is 1. The van der Waals surface area contributed by atoms with Crippen molar-refractivity contribution in [3.63, 3.8) is 0 Å². The van der Waals surface area contributed by atoms with E-state index >= 15 is 0 Å². The molecule has 1 aliphatic rings. The van der Waals surface area contributed by atoms with Crippen LogP contribution in [-0.2, 0) is 17.1 Å². The van der Waals surface area contributed by atoms with Gasteiger partial charge in [0, 0.05) is 31.7 Å². The zero-order valence-corrected chi connectivity index (χ0v) is 16.3. The minimum absolute atomic E-state index is 0.175. The van der Waals surface area contributed by atoms with E-state index < -0.39 is 10.0 Å². The number of amides is 1. The molecule has 8 nitrogen and oxygen atoms in total. The molecule has 4 rings (SSSR count). The van der Waals surface area contributed by atoms with Crippen molar-refractivity contribution in [1.82, 2.24) is 14.3 Å². The lowest BCUT2D eigenvalue weighted by Gasteiger charge is -2.28. The molecule has 9 heteroatoms. The third kappa shape index (κ3) is 3.40. The fourth-order valence-electron chi connectivity index (χ4n) is 3.36. The molecule has 0 aliphatic carbocycles. The second-order valence-electron chi connectivity index (χ2n) is 6.69. The summed E-state index contributed by atoms with van der Waals surface area (Å²) in [6.07, 6.45) is 6.77. The van der Waals surface area contributed by atoms with Gasteiger partial charge in [-0.2, -0.15) is 5.10 Å². The van der Waals surface area contributed by atoms with Crippen molar-refractivity contribution in [2.45, 2.75) is 12.8 Å². The van der Waals surface area contributed by atoms with Crippen molar-refractivity contribution in [2.24, 2.45) is 7.05 Å². The Balaban J connectivity index is 1.54. The van der Waals surface area contributed by atoms with Crippen LogP contribution in [-0.4, -0.2) is 41.0 Å². The van der Waals surface area contributed by atoms with Gasteiger partial charge in [-0.3, -0.25) is 13.8 Å². The molecule has 0 saturated carbocycles. The van der Waals surface area contributed by atoms with E-state index in [4.69, 9.17) is 0 Å². The molecular weight excluding hydrogens is 378 g/mol. The number of aryl methyl sites for hydroxylation is 1. The number of anilines is 2. The first kappa shape index (κ1) is 18.3. The summed E-state index contributed by atoms with van der Waals surface area (Å²) in [5.74, 6) is 0.558. The topological polar surface area (TPSA) is 89.2 Å². The van der Waals surface area contributed by atoms with Gasteiger partial charge in [0.15, 0.2) is 0 Å². The van der Waals surface area contributed by atoms with Gasteiger partial charge < -0.3 is 9.88 Å². The number of carbonyl (C=O) groups is 1. The Labute approximate surface area is 163 Å². The third-order valence-electron chi connectivity index (χ3n) is 4.76. The Morgan fingerprint density at radius 2 is 1.82 bits per heavy atom. The molecule has 0 spiro atoms. The summed E-state index contributed by atoms with van der Waals surface area (Å²) in [6, 6.07) is 10.6. The molecule has 0 unspecified atom stereocenters. The first-order chi connectivity index (χ1) is 13.5. The van der Waals surface area contributed by atoms with Crippen molar-refractivity contribution in [3.05, 3.63) is 60.6 Å². The van der Waals surface area contributed by atoms with Gasteiger partial charge in [0.1, 0.15) is 11.4 Å². The summed E-state index contributed by atoms with van der Waals surface area (Å²) < 4.78 is 29.4. The van der Waals surface area contributed by atoms with Crippen molar-refractivity contribution < 1.29 is 13.2 Å². The van der Waals surface area contributed by atoms with Crippen LogP contribution < -0.4 is 9.62 Å². The van der Waals surface area contributed by atoms with E-state index in [9.17, 15) is 13.2 Å². The number of rotatable bonds is 4. The number of aromatic nitrogens is 3. The maximum atomic E-state index is 12.7. The summed E-state index contributed by atoms with van der Waals surface area (Å²) in [6.45, 7) is 0.490. The van der Waals surface area contributed by atoms with Gasteiger partial charge in [-0.15, -0.1) is 0 Å². The predicted molar refractivity (Wildman–Crippen MR) is 107 cm³/mol. The van der Waals surface area contributed by atoms with E-state index in [0.717, 1.165) is 6.42 Å². The van der Waals surface area contributed by atoms with Crippen LogP contribution >= 0.6 is 0 Å². The largest absolute Gasteiger partial charge is 0.322 e. The van der Waals surface area contributed by atoms with Crippen LogP contribution in [0.25, 0.3) is 5.82 Å². The average molecular weight is 399 g/mol. The van der Waals surface area contributed by atoms with E-state index in [0.29, 0.717) is 35.7 Å². The van der Waals surface area contributed by atoms with Gasteiger partial charge in [-0.1, -0.05) is 0 Å². The van der Waals surface area contributed by atoms with Gasteiger partial charge in [-0.05, 0) is 49.2 Å². The summed E-state index contributed by atoms with van der Waals surface area (Å²) in [7, 11) is -1.47. The maximum absolute atomic E-state index is 12.7.